The molecule has 1 saturated heterocycles. The Labute approximate surface area is 103 Å². The van der Waals surface area contributed by atoms with Crippen LogP contribution in [0, 0.1) is 5.92 Å². The van der Waals surface area contributed by atoms with Crippen LogP contribution < -0.4 is 5.32 Å². The maximum Gasteiger partial charge on any atom is 0.143 e. The molecular weight excluding hydrogens is 216 g/mol. The van der Waals surface area contributed by atoms with Crippen molar-refractivity contribution in [2.75, 3.05) is 13.2 Å². The highest BCUT2D eigenvalue weighted by molar-refractivity contribution is 4.96. The summed E-state index contributed by atoms with van der Waals surface area (Å²) in [5.41, 5.74) is 0. The zero-order valence-corrected chi connectivity index (χ0v) is 10.9. The highest BCUT2D eigenvalue weighted by Crippen LogP contribution is 2.21. The molecule has 1 aromatic rings. The summed E-state index contributed by atoms with van der Waals surface area (Å²) in [5.74, 6) is 1.52. The zero-order chi connectivity index (χ0) is 12.3. The topological polar surface area (TPSA) is 52.0 Å². The van der Waals surface area contributed by atoms with Gasteiger partial charge in [0.15, 0.2) is 0 Å². The van der Waals surface area contributed by atoms with Crippen molar-refractivity contribution in [1.82, 2.24) is 20.1 Å². The van der Waals surface area contributed by atoms with Gasteiger partial charge in [-0.15, -0.1) is 0 Å². The Kier molecular flexibility index (Phi) is 4.12. The van der Waals surface area contributed by atoms with Crippen LogP contribution in [0.25, 0.3) is 0 Å². The van der Waals surface area contributed by atoms with Gasteiger partial charge in [0.2, 0.25) is 0 Å². The molecule has 1 aromatic heterocycles. The van der Waals surface area contributed by atoms with Gasteiger partial charge in [0, 0.05) is 26.3 Å². The van der Waals surface area contributed by atoms with E-state index >= 15 is 0 Å². The van der Waals surface area contributed by atoms with Crippen LogP contribution in [0.2, 0.25) is 0 Å². The van der Waals surface area contributed by atoms with Crippen molar-refractivity contribution in [3.8, 4) is 0 Å². The van der Waals surface area contributed by atoms with E-state index in [1.54, 1.807) is 6.33 Å². The van der Waals surface area contributed by atoms with E-state index in [4.69, 9.17) is 4.74 Å². The Balaban J connectivity index is 2.05. The van der Waals surface area contributed by atoms with Gasteiger partial charge in [0.25, 0.3) is 0 Å². The van der Waals surface area contributed by atoms with Gasteiger partial charge in [-0.2, -0.15) is 5.10 Å². The van der Waals surface area contributed by atoms with Gasteiger partial charge in [0.1, 0.15) is 12.2 Å². The third-order valence-corrected chi connectivity index (χ3v) is 3.33. The molecule has 17 heavy (non-hydrogen) atoms. The van der Waals surface area contributed by atoms with Crippen LogP contribution in [-0.4, -0.2) is 34.0 Å². The number of hydrogen-bond acceptors (Lipinski definition) is 4. The second-order valence-corrected chi connectivity index (χ2v) is 5.02. The Morgan fingerprint density at radius 3 is 2.65 bits per heavy atom. The lowest BCUT2D eigenvalue weighted by Crippen LogP contribution is -2.40. The minimum absolute atomic E-state index is 0.269. The van der Waals surface area contributed by atoms with Crippen LogP contribution >= 0.6 is 0 Å². The average Bonchev–Trinajstić information content (AvgIpc) is 2.73. The monoisotopic (exact) mass is 238 g/mol. The summed E-state index contributed by atoms with van der Waals surface area (Å²) in [6, 6.07) is 0.804. The number of ether oxygens (including phenoxy) is 1. The van der Waals surface area contributed by atoms with E-state index in [1.807, 2.05) is 11.7 Å². The van der Waals surface area contributed by atoms with Crippen LogP contribution in [0.4, 0.5) is 0 Å². The lowest BCUT2D eigenvalue weighted by atomic mass is 10.00. The SMILES string of the molecule is CC(C)[C@H](NC1CCOCC1)c1ncnn1C. The van der Waals surface area contributed by atoms with Crippen molar-refractivity contribution < 1.29 is 4.74 Å². The second-order valence-electron chi connectivity index (χ2n) is 5.02. The molecular formula is C12H22N4O. The van der Waals surface area contributed by atoms with Crippen LogP contribution in [-0.2, 0) is 11.8 Å². The number of nitrogens with zero attached hydrogens (tertiary/aromatic N) is 3. The molecule has 0 bridgehead atoms. The Morgan fingerprint density at radius 2 is 2.12 bits per heavy atom. The van der Waals surface area contributed by atoms with Crippen molar-refractivity contribution in [2.24, 2.45) is 13.0 Å². The van der Waals surface area contributed by atoms with Crippen LogP contribution in [0.1, 0.15) is 38.6 Å². The fraction of sp³-hybridized carbons (Fsp3) is 0.833. The van der Waals surface area contributed by atoms with Crippen molar-refractivity contribution in [2.45, 2.75) is 38.8 Å². The zero-order valence-electron chi connectivity index (χ0n) is 10.9. The standard InChI is InChI=1S/C12H22N4O/c1-9(2)11(12-13-8-14-16(12)3)15-10-4-6-17-7-5-10/h8-11,15H,4-7H2,1-3H3/t11-/m0/s1. The number of nitrogens with one attached hydrogen (secondary N) is 1. The summed E-state index contributed by atoms with van der Waals surface area (Å²) >= 11 is 0. The van der Waals surface area contributed by atoms with E-state index in [9.17, 15) is 0 Å². The predicted molar refractivity (Wildman–Crippen MR) is 65.6 cm³/mol. The normalized spacial score (nSPS) is 19.8. The Morgan fingerprint density at radius 1 is 1.41 bits per heavy atom. The third-order valence-electron chi connectivity index (χ3n) is 3.33. The van der Waals surface area contributed by atoms with E-state index in [2.05, 4.69) is 29.2 Å². The molecule has 0 unspecified atom stereocenters. The van der Waals surface area contributed by atoms with E-state index in [-0.39, 0.29) is 6.04 Å². The van der Waals surface area contributed by atoms with E-state index in [0.717, 1.165) is 31.9 Å². The number of aromatic nitrogens is 3. The summed E-state index contributed by atoms with van der Waals surface area (Å²) in [4.78, 5) is 4.36. The molecule has 1 atom stereocenters. The molecule has 0 saturated carbocycles. The van der Waals surface area contributed by atoms with Gasteiger partial charge in [-0.05, 0) is 18.8 Å². The number of aryl methyl sites for hydroxylation is 1. The molecule has 0 amide bonds. The summed E-state index contributed by atoms with van der Waals surface area (Å²) in [6.45, 7) is 6.15. The largest absolute Gasteiger partial charge is 0.381 e. The Bertz CT molecular complexity index is 344. The van der Waals surface area contributed by atoms with Crippen molar-refractivity contribution >= 4 is 0 Å². The molecule has 5 nitrogen and oxygen atoms in total. The fourth-order valence-corrected chi connectivity index (χ4v) is 2.27. The maximum atomic E-state index is 5.38. The first-order valence-electron chi connectivity index (χ1n) is 6.36. The highest BCUT2D eigenvalue weighted by atomic mass is 16.5. The summed E-state index contributed by atoms with van der Waals surface area (Å²) in [7, 11) is 1.95. The maximum absolute atomic E-state index is 5.38. The van der Waals surface area contributed by atoms with Gasteiger partial charge in [0.05, 0.1) is 6.04 Å². The number of hydrogen-bond donors (Lipinski definition) is 1. The molecule has 2 heterocycles. The molecule has 2 rings (SSSR count). The smallest absolute Gasteiger partial charge is 0.143 e. The first-order valence-corrected chi connectivity index (χ1v) is 6.36. The van der Waals surface area contributed by atoms with E-state index in [0.29, 0.717) is 12.0 Å². The fourth-order valence-electron chi connectivity index (χ4n) is 2.27. The quantitative estimate of drug-likeness (QED) is 0.858. The highest BCUT2D eigenvalue weighted by Gasteiger charge is 2.24. The lowest BCUT2D eigenvalue weighted by molar-refractivity contribution is 0.0722. The Hall–Kier alpha value is -0.940. The molecule has 0 radical (unpaired) electrons. The molecule has 1 fully saturated rings. The first kappa shape index (κ1) is 12.5. The number of rotatable bonds is 4. The van der Waals surface area contributed by atoms with Crippen LogP contribution in [0.5, 0.6) is 0 Å². The van der Waals surface area contributed by atoms with Gasteiger partial charge in [-0.3, -0.25) is 4.68 Å². The van der Waals surface area contributed by atoms with Crippen molar-refractivity contribution in [3.05, 3.63) is 12.2 Å². The molecule has 0 aliphatic carbocycles. The molecule has 96 valence electrons. The van der Waals surface area contributed by atoms with Gasteiger partial charge >= 0.3 is 0 Å². The molecule has 0 spiro atoms. The summed E-state index contributed by atoms with van der Waals surface area (Å²) < 4.78 is 7.24. The van der Waals surface area contributed by atoms with Crippen molar-refractivity contribution in [1.29, 1.82) is 0 Å². The molecule has 5 heteroatoms. The lowest BCUT2D eigenvalue weighted by Gasteiger charge is -2.30. The minimum atomic E-state index is 0.269. The van der Waals surface area contributed by atoms with Gasteiger partial charge in [-0.25, -0.2) is 4.98 Å². The second kappa shape index (κ2) is 5.60. The van der Waals surface area contributed by atoms with E-state index in [1.165, 1.54) is 0 Å². The van der Waals surface area contributed by atoms with Crippen molar-refractivity contribution in [3.63, 3.8) is 0 Å². The molecule has 1 aliphatic rings. The molecule has 1 aliphatic heterocycles. The van der Waals surface area contributed by atoms with Gasteiger partial charge < -0.3 is 10.1 Å². The van der Waals surface area contributed by atoms with Crippen LogP contribution in [0.3, 0.4) is 0 Å². The molecule has 1 N–H and O–H groups in total. The predicted octanol–water partition coefficient (Wildman–Crippen LogP) is 1.28. The summed E-state index contributed by atoms with van der Waals surface area (Å²) in [5, 5.41) is 7.85. The van der Waals surface area contributed by atoms with Crippen LogP contribution in [0.15, 0.2) is 6.33 Å². The van der Waals surface area contributed by atoms with E-state index < -0.39 is 0 Å². The summed E-state index contributed by atoms with van der Waals surface area (Å²) in [6.07, 6.45) is 3.79. The average molecular weight is 238 g/mol. The molecule has 0 aromatic carbocycles. The first-order chi connectivity index (χ1) is 8.18. The third kappa shape index (κ3) is 3.04. The van der Waals surface area contributed by atoms with Gasteiger partial charge in [-0.1, -0.05) is 13.8 Å². The minimum Gasteiger partial charge on any atom is -0.381 e.